The lowest BCUT2D eigenvalue weighted by molar-refractivity contribution is 0.366. The van der Waals surface area contributed by atoms with Crippen molar-refractivity contribution in [3.63, 3.8) is 0 Å². The zero-order valence-corrected chi connectivity index (χ0v) is 18.7. The maximum atomic E-state index is 13.8. The first-order valence-electron chi connectivity index (χ1n) is 10.7. The zero-order valence-electron chi connectivity index (χ0n) is 18.0. The van der Waals surface area contributed by atoms with Crippen molar-refractivity contribution in [3.05, 3.63) is 73.5 Å². The molecule has 0 saturated carbocycles. The Balaban J connectivity index is 1.46. The molecule has 3 heterocycles. The molecule has 0 radical (unpaired) electrons. The van der Waals surface area contributed by atoms with Gasteiger partial charge >= 0.3 is 5.69 Å². The van der Waals surface area contributed by atoms with Gasteiger partial charge in [0.2, 0.25) is 5.89 Å². The van der Waals surface area contributed by atoms with Crippen LogP contribution in [0.1, 0.15) is 49.0 Å². The highest BCUT2D eigenvalue weighted by molar-refractivity contribution is 6.66. The second-order valence-corrected chi connectivity index (χ2v) is 8.27. The van der Waals surface area contributed by atoms with E-state index in [9.17, 15) is 18.4 Å². The average molecular weight is 478 g/mol. The van der Waals surface area contributed by atoms with Crippen LogP contribution in [0, 0.1) is 11.6 Å². The Morgan fingerprint density at radius 2 is 1.94 bits per heavy atom. The second kappa shape index (κ2) is 9.78. The highest BCUT2D eigenvalue weighted by Gasteiger charge is 2.24. The van der Waals surface area contributed by atoms with Crippen molar-refractivity contribution in [3.8, 4) is 0 Å². The molecule has 11 heteroatoms. The smallest absolute Gasteiger partial charge is 0.332 e. The molecule has 0 atom stereocenters. The summed E-state index contributed by atoms with van der Waals surface area (Å²) >= 11 is 6.04. The van der Waals surface area contributed by atoms with Crippen LogP contribution in [0.3, 0.4) is 0 Å². The fourth-order valence-electron chi connectivity index (χ4n) is 3.74. The number of fused-ring (bicyclic) bond motifs is 1. The van der Waals surface area contributed by atoms with Crippen molar-refractivity contribution < 1.29 is 13.3 Å². The Bertz CT molecular complexity index is 1330. The number of unbranched alkanes of at least 4 members (excludes halogenated alkanes) is 1. The van der Waals surface area contributed by atoms with Crippen LogP contribution in [0.25, 0.3) is 0 Å². The van der Waals surface area contributed by atoms with Gasteiger partial charge in [-0.3, -0.25) is 13.9 Å². The molecule has 0 saturated heterocycles. The standard InChI is InChI=1S/C22H22ClF2N5O3/c1-2-3-8-29-20-15(12-17(23)26-20)21(31)30(22(29)32)9-4-5-19-27-18(28-33-19)11-13-10-14(24)6-7-16(13)25/h6-7,10H,2-5,8-9,11-12H2,1H3. The molecule has 0 unspecified atom stereocenters. The van der Waals surface area contributed by atoms with E-state index >= 15 is 0 Å². The summed E-state index contributed by atoms with van der Waals surface area (Å²) in [6.07, 6.45) is 2.57. The normalized spacial score (nSPS) is 12.8. The molecule has 174 valence electrons. The van der Waals surface area contributed by atoms with E-state index in [4.69, 9.17) is 16.1 Å². The number of rotatable bonds is 9. The molecule has 8 nitrogen and oxygen atoms in total. The minimum atomic E-state index is -0.554. The number of aromatic nitrogens is 4. The van der Waals surface area contributed by atoms with Crippen molar-refractivity contribution in [2.45, 2.75) is 58.5 Å². The van der Waals surface area contributed by atoms with E-state index in [1.807, 2.05) is 6.92 Å². The predicted octanol–water partition coefficient (Wildman–Crippen LogP) is 3.52. The van der Waals surface area contributed by atoms with E-state index in [-0.39, 0.29) is 41.8 Å². The van der Waals surface area contributed by atoms with E-state index in [0.717, 1.165) is 31.0 Å². The Kier molecular flexibility index (Phi) is 6.83. The molecule has 0 spiro atoms. The average Bonchev–Trinajstić information content (AvgIpc) is 3.39. The van der Waals surface area contributed by atoms with E-state index < -0.39 is 22.9 Å². The monoisotopic (exact) mass is 477 g/mol. The topological polar surface area (TPSA) is 95.3 Å². The number of benzene rings is 1. The largest absolute Gasteiger partial charge is 0.339 e. The summed E-state index contributed by atoms with van der Waals surface area (Å²) < 4.78 is 35.1. The molecule has 0 fully saturated rings. The van der Waals surface area contributed by atoms with Gasteiger partial charge in [0.15, 0.2) is 5.82 Å². The molecule has 0 N–H and O–H groups in total. The lowest BCUT2D eigenvalue weighted by atomic mass is 10.1. The molecular formula is C22H22ClF2N5O3. The van der Waals surface area contributed by atoms with E-state index in [1.165, 1.54) is 9.13 Å². The van der Waals surface area contributed by atoms with Crippen LogP contribution >= 0.6 is 11.6 Å². The van der Waals surface area contributed by atoms with E-state index in [2.05, 4.69) is 15.1 Å². The Morgan fingerprint density at radius 3 is 2.73 bits per heavy atom. The first kappa shape index (κ1) is 23.0. The molecule has 0 bridgehead atoms. The maximum absolute atomic E-state index is 13.8. The second-order valence-electron chi connectivity index (χ2n) is 7.83. The lowest BCUT2D eigenvalue weighted by Gasteiger charge is -2.13. The van der Waals surface area contributed by atoms with Crippen LogP contribution < -0.4 is 11.2 Å². The third-order valence-electron chi connectivity index (χ3n) is 5.41. The number of aryl methyl sites for hydroxylation is 1. The van der Waals surface area contributed by atoms with Crippen molar-refractivity contribution in [1.29, 1.82) is 0 Å². The van der Waals surface area contributed by atoms with Gasteiger partial charge in [-0.1, -0.05) is 30.1 Å². The third kappa shape index (κ3) is 4.95. The quantitative estimate of drug-likeness (QED) is 0.470. The first-order valence-corrected chi connectivity index (χ1v) is 11.1. The van der Waals surface area contributed by atoms with Crippen molar-refractivity contribution in [1.82, 2.24) is 19.3 Å². The molecule has 33 heavy (non-hydrogen) atoms. The highest BCUT2D eigenvalue weighted by Crippen LogP contribution is 2.24. The van der Waals surface area contributed by atoms with Crippen LogP contribution in [0.2, 0.25) is 0 Å². The lowest BCUT2D eigenvalue weighted by Crippen LogP contribution is -2.41. The van der Waals surface area contributed by atoms with Crippen molar-refractivity contribution >= 4 is 22.6 Å². The van der Waals surface area contributed by atoms with Crippen LogP contribution in [0.15, 0.2) is 37.3 Å². The molecule has 4 rings (SSSR count). The summed E-state index contributed by atoms with van der Waals surface area (Å²) in [5.74, 6) is -0.245. The first-order chi connectivity index (χ1) is 15.9. The SMILES string of the molecule is CCCCn1c2c(c(=O)n(CCCc3nc(Cc4cc(F)ccc4F)no3)c1=O)CC(Cl)=N2. The Labute approximate surface area is 192 Å². The number of hydrogen-bond acceptors (Lipinski definition) is 6. The Hall–Kier alpha value is -3.14. The molecule has 0 aliphatic carbocycles. The molecule has 0 amide bonds. The van der Waals surface area contributed by atoms with Gasteiger partial charge in [0.05, 0.1) is 5.56 Å². The highest BCUT2D eigenvalue weighted by atomic mass is 35.5. The van der Waals surface area contributed by atoms with Gasteiger partial charge in [-0.15, -0.1) is 0 Å². The van der Waals surface area contributed by atoms with Crippen molar-refractivity contribution in [2.24, 2.45) is 4.99 Å². The summed E-state index contributed by atoms with van der Waals surface area (Å²) in [5, 5.41) is 4.10. The summed E-state index contributed by atoms with van der Waals surface area (Å²) in [7, 11) is 0. The molecule has 1 aliphatic heterocycles. The fraction of sp³-hybridized carbons (Fsp3) is 0.409. The molecule has 1 aliphatic rings. The summed E-state index contributed by atoms with van der Waals surface area (Å²) in [6, 6.07) is 3.17. The number of aliphatic imine (C=N–C) groups is 1. The fourth-order valence-corrected chi connectivity index (χ4v) is 3.96. The Morgan fingerprint density at radius 1 is 1.15 bits per heavy atom. The zero-order chi connectivity index (χ0) is 23.5. The van der Waals surface area contributed by atoms with Crippen LogP contribution in [0.4, 0.5) is 14.6 Å². The molecule has 3 aromatic rings. The van der Waals surface area contributed by atoms with Gasteiger partial charge < -0.3 is 4.52 Å². The summed E-state index contributed by atoms with van der Waals surface area (Å²) in [5.41, 5.74) is -0.265. The summed E-state index contributed by atoms with van der Waals surface area (Å²) in [6.45, 7) is 2.62. The molecule has 2 aromatic heterocycles. The van der Waals surface area contributed by atoms with Crippen molar-refractivity contribution in [2.75, 3.05) is 0 Å². The number of hydrogen-bond donors (Lipinski definition) is 0. The minimum absolute atomic E-state index is 0.0136. The van der Waals surface area contributed by atoms with Crippen LogP contribution in [-0.4, -0.2) is 24.4 Å². The van der Waals surface area contributed by atoms with Gasteiger partial charge in [0, 0.05) is 32.4 Å². The minimum Gasteiger partial charge on any atom is -0.339 e. The molecule has 1 aromatic carbocycles. The third-order valence-corrected chi connectivity index (χ3v) is 5.63. The van der Waals surface area contributed by atoms with Crippen LogP contribution in [0.5, 0.6) is 0 Å². The van der Waals surface area contributed by atoms with Gasteiger partial charge in [-0.25, -0.2) is 18.6 Å². The van der Waals surface area contributed by atoms with Gasteiger partial charge in [0.25, 0.3) is 5.56 Å². The van der Waals surface area contributed by atoms with Gasteiger partial charge in [-0.2, -0.15) is 4.98 Å². The molecular weight excluding hydrogens is 456 g/mol. The maximum Gasteiger partial charge on any atom is 0.332 e. The van der Waals surface area contributed by atoms with E-state index in [0.29, 0.717) is 30.8 Å². The van der Waals surface area contributed by atoms with Gasteiger partial charge in [0.1, 0.15) is 22.6 Å². The van der Waals surface area contributed by atoms with Gasteiger partial charge in [-0.05, 0) is 36.6 Å². The summed E-state index contributed by atoms with van der Waals surface area (Å²) in [4.78, 5) is 34.2. The number of nitrogens with zero attached hydrogens (tertiary/aromatic N) is 5. The van der Waals surface area contributed by atoms with Crippen LogP contribution in [-0.2, 0) is 32.4 Å². The predicted molar refractivity (Wildman–Crippen MR) is 118 cm³/mol. The van der Waals surface area contributed by atoms with E-state index in [1.54, 1.807) is 0 Å². The number of halogens is 3.